The molecule has 2 fully saturated rings. The largest absolute Gasteiger partial charge is 0.341 e. The third-order valence-corrected chi connectivity index (χ3v) is 8.44. The van der Waals surface area contributed by atoms with Gasteiger partial charge in [-0.15, -0.1) is 0 Å². The second kappa shape index (κ2) is 12.3. The molecule has 0 saturated carbocycles. The second-order valence-corrected chi connectivity index (χ2v) is 11.8. The molecule has 2 N–H and O–H groups in total. The van der Waals surface area contributed by atoms with Crippen molar-refractivity contribution in [2.24, 2.45) is 11.7 Å². The lowest BCUT2D eigenvalue weighted by molar-refractivity contribution is 0.0135. The summed E-state index contributed by atoms with van der Waals surface area (Å²) in [5, 5.41) is 0. The van der Waals surface area contributed by atoms with Crippen LogP contribution in [-0.4, -0.2) is 79.5 Å². The molecular weight excluding hydrogens is 575 g/mol. The number of rotatable bonds is 9. The fraction of sp³-hybridized carbons (Fsp3) is 0.519. The zero-order chi connectivity index (χ0) is 24.9. The summed E-state index contributed by atoms with van der Waals surface area (Å²) in [5.41, 5.74) is 7.55. The number of hydrogen-bond acceptors (Lipinski definition) is 4. The highest BCUT2D eigenvalue weighted by Crippen LogP contribution is 2.27. The predicted molar refractivity (Wildman–Crippen MR) is 146 cm³/mol. The molecule has 0 radical (unpaired) electrons. The number of carbonyl (C=O) groups is 1. The van der Waals surface area contributed by atoms with Gasteiger partial charge in [-0.25, -0.2) is 4.39 Å². The van der Waals surface area contributed by atoms with Crippen LogP contribution < -0.4 is 5.73 Å². The number of hydrogen-bond donors (Lipinski definition) is 1. The molecule has 35 heavy (non-hydrogen) atoms. The topological polar surface area (TPSA) is 52.8 Å². The van der Waals surface area contributed by atoms with Gasteiger partial charge in [0.25, 0.3) is 5.91 Å². The summed E-state index contributed by atoms with van der Waals surface area (Å²) in [6, 6.07) is 13.0. The van der Waals surface area contributed by atoms with Crippen molar-refractivity contribution >= 4 is 37.8 Å². The zero-order valence-electron chi connectivity index (χ0n) is 20.3. The second-order valence-electron chi connectivity index (χ2n) is 10.0. The third-order valence-electron chi connectivity index (χ3n) is 7.52. The number of nitrogens with zero attached hydrogens (tertiary/aromatic N) is 3. The minimum atomic E-state index is -0.236. The number of likely N-dealkylation sites (N-methyl/N-ethyl adjacent to an activating group) is 1. The normalized spacial score (nSPS) is 18.9. The van der Waals surface area contributed by atoms with Gasteiger partial charge in [-0.3, -0.25) is 9.69 Å². The lowest BCUT2D eigenvalue weighted by Gasteiger charge is -2.48. The molecule has 1 atom stereocenters. The smallest absolute Gasteiger partial charge is 0.253 e. The van der Waals surface area contributed by atoms with Crippen molar-refractivity contribution < 1.29 is 9.18 Å². The molecule has 5 nitrogen and oxygen atoms in total. The highest BCUT2D eigenvalue weighted by atomic mass is 79.9. The Kier molecular flexibility index (Phi) is 9.38. The predicted octanol–water partition coefficient (Wildman–Crippen LogP) is 4.95. The van der Waals surface area contributed by atoms with E-state index >= 15 is 0 Å². The van der Waals surface area contributed by atoms with Gasteiger partial charge >= 0.3 is 0 Å². The van der Waals surface area contributed by atoms with E-state index in [2.05, 4.69) is 41.7 Å². The number of benzene rings is 2. The zero-order valence-corrected chi connectivity index (χ0v) is 23.5. The van der Waals surface area contributed by atoms with E-state index in [1.807, 2.05) is 37.4 Å². The fourth-order valence-electron chi connectivity index (χ4n) is 5.26. The minimum absolute atomic E-state index is 0.0241. The Morgan fingerprint density at radius 2 is 1.74 bits per heavy atom. The minimum Gasteiger partial charge on any atom is -0.341 e. The van der Waals surface area contributed by atoms with Gasteiger partial charge in [-0.2, -0.15) is 0 Å². The van der Waals surface area contributed by atoms with Gasteiger partial charge < -0.3 is 15.5 Å². The molecule has 2 aromatic carbocycles. The molecule has 0 aliphatic carbocycles. The van der Waals surface area contributed by atoms with Crippen molar-refractivity contribution in [3.63, 3.8) is 0 Å². The summed E-state index contributed by atoms with van der Waals surface area (Å²) >= 11 is 6.94. The first-order chi connectivity index (χ1) is 16.8. The quantitative estimate of drug-likeness (QED) is 0.437. The number of nitrogens with two attached hydrogens (primary N) is 1. The maximum absolute atomic E-state index is 13.6. The maximum Gasteiger partial charge on any atom is 0.253 e. The summed E-state index contributed by atoms with van der Waals surface area (Å²) in [4.78, 5) is 20.1. The van der Waals surface area contributed by atoms with Gasteiger partial charge in [0.1, 0.15) is 5.82 Å². The molecule has 2 heterocycles. The molecular formula is C27H35Br2FN4O. The highest BCUT2D eigenvalue weighted by Gasteiger charge is 2.34. The van der Waals surface area contributed by atoms with Gasteiger partial charge in [0.15, 0.2) is 0 Å². The molecule has 0 unspecified atom stereocenters. The molecule has 2 aromatic rings. The summed E-state index contributed by atoms with van der Waals surface area (Å²) < 4.78 is 15.3. The van der Waals surface area contributed by atoms with Crippen LogP contribution in [-0.2, 0) is 0 Å². The van der Waals surface area contributed by atoms with Gasteiger partial charge in [-0.1, -0.05) is 44.0 Å². The van der Waals surface area contributed by atoms with E-state index < -0.39 is 0 Å². The van der Waals surface area contributed by atoms with E-state index in [0.717, 1.165) is 60.2 Å². The third kappa shape index (κ3) is 7.13. The van der Waals surface area contributed by atoms with Crippen LogP contribution in [0.3, 0.4) is 0 Å². The average molecular weight is 610 g/mol. The van der Waals surface area contributed by atoms with Crippen molar-refractivity contribution in [3.05, 3.63) is 68.4 Å². The van der Waals surface area contributed by atoms with Gasteiger partial charge in [0, 0.05) is 53.2 Å². The summed E-state index contributed by atoms with van der Waals surface area (Å²) in [6.07, 6.45) is 3.36. The van der Waals surface area contributed by atoms with Crippen molar-refractivity contribution in [1.82, 2.24) is 14.7 Å². The SMILES string of the molecule is CN(C[C@@H](CCN1CC(N2CCC(CN)CC2)C1)c1ccc(F)cc1)C(=O)c1cc(Br)cc(Br)c1. The number of likely N-dealkylation sites (tertiary alicyclic amines) is 2. The van der Waals surface area contributed by atoms with Crippen LogP contribution >= 0.6 is 31.9 Å². The number of carbonyl (C=O) groups excluding carboxylic acids is 1. The van der Waals surface area contributed by atoms with Crippen LogP contribution in [0.1, 0.15) is 41.1 Å². The summed E-state index contributed by atoms with van der Waals surface area (Å²) in [6.45, 7) is 6.90. The maximum atomic E-state index is 13.6. The molecule has 4 rings (SSSR count). The van der Waals surface area contributed by atoms with Crippen LogP contribution in [0.25, 0.3) is 0 Å². The van der Waals surface area contributed by atoms with Crippen LogP contribution in [0.5, 0.6) is 0 Å². The van der Waals surface area contributed by atoms with E-state index in [9.17, 15) is 9.18 Å². The monoisotopic (exact) mass is 608 g/mol. The van der Waals surface area contributed by atoms with Crippen molar-refractivity contribution in [1.29, 1.82) is 0 Å². The van der Waals surface area contributed by atoms with Gasteiger partial charge in [-0.05, 0) is 87.3 Å². The van der Waals surface area contributed by atoms with Crippen LogP contribution in [0.2, 0.25) is 0 Å². The average Bonchev–Trinajstić information content (AvgIpc) is 2.82. The summed E-state index contributed by atoms with van der Waals surface area (Å²) in [7, 11) is 1.85. The first kappa shape index (κ1) is 26.7. The molecule has 2 saturated heterocycles. The lowest BCUT2D eigenvalue weighted by atomic mass is 9.92. The van der Waals surface area contributed by atoms with Gasteiger partial charge in [0.05, 0.1) is 0 Å². The molecule has 190 valence electrons. The van der Waals surface area contributed by atoms with Crippen LogP contribution in [0.15, 0.2) is 51.4 Å². The van der Waals surface area contributed by atoms with Crippen LogP contribution in [0, 0.1) is 11.7 Å². The van der Waals surface area contributed by atoms with Crippen molar-refractivity contribution in [2.45, 2.75) is 31.2 Å². The van der Waals surface area contributed by atoms with Gasteiger partial charge in [0.2, 0.25) is 0 Å². The molecule has 1 amide bonds. The van der Waals surface area contributed by atoms with E-state index in [0.29, 0.717) is 24.1 Å². The Morgan fingerprint density at radius 1 is 1.11 bits per heavy atom. The Hall–Kier alpha value is -1.32. The van der Waals surface area contributed by atoms with Crippen molar-refractivity contribution in [2.75, 3.05) is 52.9 Å². The van der Waals surface area contributed by atoms with E-state index in [1.54, 1.807) is 4.90 Å². The standard InChI is InChI=1S/C27H35Br2FN4O/c1-32(27(35)22-12-23(28)14-24(29)13-22)16-21(20-2-4-25(30)5-3-20)8-9-33-17-26(18-33)34-10-6-19(15-31)7-11-34/h2-5,12-14,19,21,26H,6-11,15-18,31H2,1H3/t21-/m1/s1. The molecule has 8 heteroatoms. The van der Waals surface area contributed by atoms with E-state index in [-0.39, 0.29) is 17.6 Å². The molecule has 0 spiro atoms. The Labute approximate surface area is 225 Å². The summed E-state index contributed by atoms with van der Waals surface area (Å²) in [5.74, 6) is 0.570. The van der Waals surface area contributed by atoms with Crippen LogP contribution in [0.4, 0.5) is 4.39 Å². The van der Waals surface area contributed by atoms with E-state index in [1.165, 1.54) is 25.0 Å². The number of amides is 1. The Bertz CT molecular complexity index is 971. The molecule has 2 aliphatic rings. The molecule has 0 bridgehead atoms. The highest BCUT2D eigenvalue weighted by molar-refractivity contribution is 9.11. The lowest BCUT2D eigenvalue weighted by Crippen LogP contribution is -2.61. The number of halogens is 3. The number of piperidine rings is 1. The Morgan fingerprint density at radius 3 is 2.34 bits per heavy atom. The first-order valence-electron chi connectivity index (χ1n) is 12.5. The fourth-order valence-corrected chi connectivity index (χ4v) is 6.55. The molecule has 2 aliphatic heterocycles. The Balaban J connectivity index is 1.34. The van der Waals surface area contributed by atoms with Crippen molar-refractivity contribution in [3.8, 4) is 0 Å². The first-order valence-corrected chi connectivity index (χ1v) is 14.0. The molecule has 0 aromatic heterocycles. The van der Waals surface area contributed by atoms with E-state index in [4.69, 9.17) is 5.73 Å².